The van der Waals surface area contributed by atoms with Crippen molar-refractivity contribution in [1.82, 2.24) is 4.90 Å². The number of nitrogens with zero attached hydrogens (tertiary/aromatic N) is 2. The van der Waals surface area contributed by atoms with Crippen molar-refractivity contribution >= 4 is 40.4 Å². The molecule has 0 aromatic heterocycles. The number of aromatic hydroxyl groups is 1. The molecule has 3 N–H and O–H groups in total. The molecule has 0 saturated carbocycles. The number of rotatable bonds is 6. The first-order valence-corrected chi connectivity index (χ1v) is 10.8. The van der Waals surface area contributed by atoms with Crippen LogP contribution in [0.15, 0.2) is 24.3 Å². The fourth-order valence-corrected chi connectivity index (χ4v) is 3.96. The van der Waals surface area contributed by atoms with Gasteiger partial charge in [-0.25, -0.2) is 4.79 Å². The van der Waals surface area contributed by atoms with Crippen LogP contribution in [0, 0.1) is 12.3 Å². The van der Waals surface area contributed by atoms with E-state index in [0.717, 1.165) is 10.5 Å². The van der Waals surface area contributed by atoms with Gasteiger partial charge in [0.05, 0.1) is 18.8 Å². The first kappa shape index (κ1) is 27.2. The average molecular weight is 534 g/mol. The van der Waals surface area contributed by atoms with Crippen molar-refractivity contribution in [2.75, 3.05) is 25.1 Å². The maximum atomic E-state index is 13.1. The number of anilines is 1. The van der Waals surface area contributed by atoms with Crippen molar-refractivity contribution in [3.8, 4) is 11.5 Å². The number of amidine groups is 1. The molecule has 0 atom stereocenters. The first-order valence-electron chi connectivity index (χ1n) is 10.8. The van der Waals surface area contributed by atoms with Crippen LogP contribution in [0.1, 0.15) is 60.3 Å². The Morgan fingerprint density at radius 3 is 2.41 bits per heavy atom. The van der Waals surface area contributed by atoms with Crippen LogP contribution in [0.5, 0.6) is 11.5 Å². The van der Waals surface area contributed by atoms with E-state index < -0.39 is 6.09 Å². The molecule has 0 aliphatic carbocycles. The highest BCUT2D eigenvalue weighted by Gasteiger charge is 2.30. The molecule has 184 valence electrons. The summed E-state index contributed by atoms with van der Waals surface area (Å²) < 4.78 is 5.64. The molecule has 8 nitrogen and oxygen atoms in total. The number of Topliss-reactive ketones (excluding diaryl/α,β-unsaturated/α-hetero) is 1. The van der Waals surface area contributed by atoms with Gasteiger partial charge >= 0.3 is 6.09 Å². The smallest absolute Gasteiger partial charge is 0.411 e. The average Bonchev–Trinajstić information content (AvgIpc) is 3.02. The molecule has 0 bridgehead atoms. The molecule has 0 unspecified atom stereocenters. The number of benzene rings is 2. The summed E-state index contributed by atoms with van der Waals surface area (Å²) in [5, 5.41) is 28.5. The van der Waals surface area contributed by atoms with Gasteiger partial charge in [-0.05, 0) is 54.7 Å². The normalized spacial score (nSPS) is 12.8. The summed E-state index contributed by atoms with van der Waals surface area (Å²) in [5.74, 6) is 0.618. The monoisotopic (exact) mass is 533 g/mol. The van der Waals surface area contributed by atoms with Gasteiger partial charge in [-0.1, -0.05) is 20.8 Å². The van der Waals surface area contributed by atoms with Gasteiger partial charge in [0.25, 0.3) is 0 Å². The lowest BCUT2D eigenvalue weighted by atomic mass is 9.83. The molecule has 1 amide bonds. The van der Waals surface area contributed by atoms with E-state index in [9.17, 15) is 19.8 Å². The van der Waals surface area contributed by atoms with Gasteiger partial charge in [0.2, 0.25) is 0 Å². The maximum Gasteiger partial charge on any atom is 0.411 e. The Hall–Kier alpha value is -3.07. The molecule has 2 aromatic carbocycles. The number of halogens is 1. The third kappa shape index (κ3) is 5.19. The van der Waals surface area contributed by atoms with Gasteiger partial charge in [-0.3, -0.25) is 15.1 Å². The van der Waals surface area contributed by atoms with Crippen LogP contribution in [0.4, 0.5) is 10.5 Å². The highest BCUT2D eigenvalue weighted by molar-refractivity contribution is 8.93. The minimum Gasteiger partial charge on any atom is -0.507 e. The quantitative estimate of drug-likeness (QED) is 0.444. The molecular formula is C25H32BrN3O5. The van der Waals surface area contributed by atoms with E-state index in [2.05, 4.69) is 0 Å². The van der Waals surface area contributed by atoms with E-state index >= 15 is 0 Å². The van der Waals surface area contributed by atoms with E-state index in [-0.39, 0.29) is 46.3 Å². The largest absolute Gasteiger partial charge is 0.507 e. The number of carboxylic acid groups (broad SMARTS) is 1. The van der Waals surface area contributed by atoms with Crippen LogP contribution in [0.3, 0.4) is 0 Å². The minimum atomic E-state index is -1.13. The molecule has 1 heterocycles. The fraction of sp³-hybridized carbons (Fsp3) is 0.400. The predicted molar refractivity (Wildman–Crippen MR) is 137 cm³/mol. The van der Waals surface area contributed by atoms with Gasteiger partial charge in [-0.15, -0.1) is 17.0 Å². The van der Waals surface area contributed by atoms with E-state index in [1.807, 2.05) is 27.7 Å². The molecule has 2 aromatic rings. The van der Waals surface area contributed by atoms with Gasteiger partial charge in [0.15, 0.2) is 5.78 Å². The van der Waals surface area contributed by atoms with Crippen LogP contribution in [-0.2, 0) is 12.0 Å². The topological polar surface area (TPSA) is 114 Å². The second-order valence-electron chi connectivity index (χ2n) is 9.32. The van der Waals surface area contributed by atoms with E-state index in [1.165, 1.54) is 7.05 Å². The van der Waals surface area contributed by atoms with Crippen LogP contribution < -0.4 is 9.64 Å². The number of amides is 1. The zero-order valence-corrected chi connectivity index (χ0v) is 22.1. The molecule has 0 radical (unpaired) electrons. The van der Waals surface area contributed by atoms with Crippen LogP contribution >= 0.6 is 17.0 Å². The number of hydrogen-bond acceptors (Lipinski definition) is 5. The lowest BCUT2D eigenvalue weighted by molar-refractivity contribution is 0.0962. The zero-order chi connectivity index (χ0) is 24.7. The van der Waals surface area contributed by atoms with Gasteiger partial charge in [0.1, 0.15) is 17.3 Å². The highest BCUT2D eigenvalue weighted by atomic mass is 79.9. The summed E-state index contributed by atoms with van der Waals surface area (Å²) in [6.45, 7) is 10.2. The number of phenols is 1. The van der Waals surface area contributed by atoms with Crippen LogP contribution in [-0.4, -0.2) is 53.0 Å². The van der Waals surface area contributed by atoms with Gasteiger partial charge in [-0.2, -0.15) is 0 Å². The Bertz CT molecular complexity index is 1140. The number of fused-ring (bicyclic) bond motifs is 1. The fourth-order valence-electron chi connectivity index (χ4n) is 3.96. The van der Waals surface area contributed by atoms with Crippen LogP contribution in [0.2, 0.25) is 0 Å². The van der Waals surface area contributed by atoms with Crippen molar-refractivity contribution in [3.63, 3.8) is 0 Å². The Balaban J connectivity index is 0.00000408. The zero-order valence-electron chi connectivity index (χ0n) is 20.4. The van der Waals surface area contributed by atoms with E-state index in [1.54, 1.807) is 36.1 Å². The number of ether oxygens (including phenoxy) is 1. The Morgan fingerprint density at radius 1 is 1.21 bits per heavy atom. The number of carbonyl (C=O) groups is 2. The van der Waals surface area contributed by atoms with Crippen LogP contribution in [0.25, 0.3) is 0 Å². The maximum absolute atomic E-state index is 13.1. The summed E-state index contributed by atoms with van der Waals surface area (Å²) in [5.41, 5.74) is 3.22. The number of hydrogen-bond donors (Lipinski definition) is 3. The number of aryl methyl sites for hydroxylation is 1. The SMILES string of the molecule is Br.CCOc1cc2c(cc1N(C)C(=O)O)C(=N)N(CC(=O)c1cc(C)c(O)c(C(C)(C)C)c1)C2. The van der Waals surface area contributed by atoms with Gasteiger partial charge < -0.3 is 19.8 Å². The lowest BCUT2D eigenvalue weighted by Crippen LogP contribution is -2.30. The summed E-state index contributed by atoms with van der Waals surface area (Å²) in [4.78, 5) is 27.4. The Kier molecular flexibility index (Phi) is 8.03. The summed E-state index contributed by atoms with van der Waals surface area (Å²) in [6.07, 6.45) is -1.13. The molecule has 1 aliphatic heterocycles. The molecule has 0 saturated heterocycles. The number of phenolic OH excluding ortho intramolecular Hbond substituents is 1. The Labute approximate surface area is 210 Å². The van der Waals surface area contributed by atoms with Crippen molar-refractivity contribution in [2.24, 2.45) is 0 Å². The number of nitrogens with one attached hydrogen (secondary N) is 1. The predicted octanol–water partition coefficient (Wildman–Crippen LogP) is 5.11. The molecule has 1 aliphatic rings. The van der Waals surface area contributed by atoms with E-state index in [4.69, 9.17) is 10.1 Å². The van der Waals surface area contributed by atoms with Gasteiger partial charge in [0, 0.05) is 30.3 Å². The van der Waals surface area contributed by atoms with Crippen molar-refractivity contribution < 1.29 is 24.5 Å². The number of carbonyl (C=O) groups excluding carboxylic acids is 1. The second kappa shape index (κ2) is 10.0. The first-order chi connectivity index (χ1) is 15.3. The summed E-state index contributed by atoms with van der Waals surface area (Å²) in [6, 6.07) is 6.77. The lowest BCUT2D eigenvalue weighted by Gasteiger charge is -2.23. The van der Waals surface area contributed by atoms with E-state index in [0.29, 0.717) is 46.8 Å². The molecule has 0 spiro atoms. The second-order valence-corrected chi connectivity index (χ2v) is 9.32. The highest BCUT2D eigenvalue weighted by Crippen LogP contribution is 2.37. The number of ketones is 1. The standard InChI is InChI=1S/C25H31N3O5.BrH/c1-7-33-21-10-16-12-28(23(26)17(16)11-19(21)27(6)24(31)32)13-20(29)15-8-14(2)22(30)18(9-15)25(3,4)5;/h8-11,26,30H,7,12-13H2,1-6H3,(H,31,32);1H. The molecule has 34 heavy (non-hydrogen) atoms. The summed E-state index contributed by atoms with van der Waals surface area (Å²) in [7, 11) is 1.42. The molecule has 9 heteroatoms. The third-order valence-corrected chi connectivity index (χ3v) is 5.83. The minimum absolute atomic E-state index is 0. The van der Waals surface area contributed by atoms with Crippen molar-refractivity contribution in [3.05, 3.63) is 52.1 Å². The Morgan fingerprint density at radius 2 is 1.85 bits per heavy atom. The third-order valence-electron chi connectivity index (χ3n) is 5.83. The van der Waals surface area contributed by atoms with Crippen molar-refractivity contribution in [2.45, 2.75) is 46.6 Å². The molecular weight excluding hydrogens is 502 g/mol. The summed E-state index contributed by atoms with van der Waals surface area (Å²) >= 11 is 0. The van der Waals surface area contributed by atoms with Crippen molar-refractivity contribution in [1.29, 1.82) is 5.41 Å². The molecule has 0 fully saturated rings. The molecule has 3 rings (SSSR count).